The van der Waals surface area contributed by atoms with E-state index in [-0.39, 0.29) is 6.61 Å². The topological polar surface area (TPSA) is 69.9 Å². The summed E-state index contributed by atoms with van der Waals surface area (Å²) in [5.41, 5.74) is -1.66. The lowest BCUT2D eigenvalue weighted by Crippen LogP contribution is -2.49. The van der Waals surface area contributed by atoms with Gasteiger partial charge >= 0.3 is 0 Å². The van der Waals surface area contributed by atoms with Gasteiger partial charge in [0.1, 0.15) is 5.54 Å². The van der Waals surface area contributed by atoms with Gasteiger partial charge in [0, 0.05) is 5.41 Å². The Morgan fingerprint density at radius 3 is 2.00 bits per heavy atom. The molecule has 0 aliphatic rings. The minimum Gasteiger partial charge on any atom is -0.396 e. The van der Waals surface area contributed by atoms with Gasteiger partial charge in [-0.25, -0.2) is 0 Å². The van der Waals surface area contributed by atoms with Gasteiger partial charge in [0.25, 0.3) is 0 Å². The highest BCUT2D eigenvalue weighted by Gasteiger charge is 2.44. The average molecular weight is 203 g/mol. The fraction of sp³-hybridized carbons (Fsp3) is 1.00. The third-order valence-electron chi connectivity index (χ3n) is 3.34. The summed E-state index contributed by atoms with van der Waals surface area (Å²) >= 11 is 0. The summed E-state index contributed by atoms with van der Waals surface area (Å²) < 4.78 is 0. The minimum absolute atomic E-state index is 0.143. The quantitative estimate of drug-likeness (QED) is 0.645. The first-order valence-electron chi connectivity index (χ1n) is 5.03. The Morgan fingerprint density at radius 1 is 1.29 bits per heavy atom. The number of nitrogens with zero attached hydrogens (tertiary/aromatic N) is 1. The van der Waals surface area contributed by atoms with Gasteiger partial charge < -0.3 is 10.2 Å². The van der Waals surface area contributed by atoms with Crippen LogP contribution in [0.1, 0.15) is 40.5 Å². The molecule has 14 heavy (non-hydrogen) atoms. The molecule has 0 fully saturated rings. The first-order chi connectivity index (χ1) is 6.40. The van der Waals surface area contributed by atoms with E-state index in [4.69, 9.17) is 0 Å². The molecule has 84 valence electrons. The van der Waals surface area contributed by atoms with Crippen LogP contribution in [0.25, 0.3) is 0 Å². The molecule has 0 aliphatic heterocycles. The molecule has 0 radical (unpaired) electrons. The zero-order valence-corrected chi connectivity index (χ0v) is 9.45. The van der Waals surface area contributed by atoms with Crippen LogP contribution >= 0.6 is 0 Å². The maximum atomic E-state index is 10.7. The second-order valence-corrected chi connectivity index (χ2v) is 4.37. The van der Waals surface area contributed by atoms with E-state index < -0.39 is 17.1 Å². The van der Waals surface area contributed by atoms with Crippen molar-refractivity contribution in [2.45, 2.75) is 52.2 Å². The molecule has 4 heteroatoms. The summed E-state index contributed by atoms with van der Waals surface area (Å²) in [4.78, 5) is 10.7. The molecule has 3 atom stereocenters. The smallest absolute Gasteiger partial charge is 0.126 e. The van der Waals surface area contributed by atoms with E-state index in [1.807, 2.05) is 6.92 Å². The van der Waals surface area contributed by atoms with Crippen LogP contribution in [-0.4, -0.2) is 28.5 Å². The SMILES string of the molecule is CCC(C)(CO)C(O)[C@@](C)(CC)N=O. The van der Waals surface area contributed by atoms with Gasteiger partial charge in [0.05, 0.1) is 12.7 Å². The van der Waals surface area contributed by atoms with E-state index in [9.17, 15) is 15.1 Å². The first kappa shape index (κ1) is 13.5. The zero-order valence-electron chi connectivity index (χ0n) is 9.45. The van der Waals surface area contributed by atoms with Crippen molar-refractivity contribution in [3.05, 3.63) is 4.91 Å². The molecule has 0 bridgehead atoms. The van der Waals surface area contributed by atoms with Gasteiger partial charge in [-0.15, -0.1) is 0 Å². The maximum Gasteiger partial charge on any atom is 0.126 e. The van der Waals surface area contributed by atoms with E-state index in [2.05, 4.69) is 5.18 Å². The van der Waals surface area contributed by atoms with Crippen LogP contribution in [0.15, 0.2) is 5.18 Å². The summed E-state index contributed by atoms with van der Waals surface area (Å²) in [6.07, 6.45) is 0.163. The molecule has 0 heterocycles. The average Bonchev–Trinajstić information content (AvgIpc) is 2.25. The van der Waals surface area contributed by atoms with Gasteiger partial charge in [-0.05, 0) is 19.8 Å². The number of hydrogen-bond donors (Lipinski definition) is 2. The second-order valence-electron chi connectivity index (χ2n) is 4.37. The Labute approximate surface area is 85.3 Å². The van der Waals surface area contributed by atoms with Crippen LogP contribution in [0.3, 0.4) is 0 Å². The summed E-state index contributed by atoms with van der Waals surface area (Å²) in [6, 6.07) is 0. The Hall–Kier alpha value is -0.480. The minimum atomic E-state index is -1.01. The van der Waals surface area contributed by atoms with Gasteiger partial charge in [-0.3, -0.25) is 0 Å². The van der Waals surface area contributed by atoms with E-state index >= 15 is 0 Å². The predicted octanol–water partition coefficient (Wildman–Crippen LogP) is 1.69. The standard InChI is InChI=1S/C10H21NO3/c1-5-9(3,7-12)8(13)10(4,6-2)11-14/h8,12-13H,5-7H2,1-4H3/t8?,9?,10-/m1/s1. The van der Waals surface area contributed by atoms with Crippen LogP contribution < -0.4 is 0 Å². The molecule has 0 spiro atoms. The van der Waals surface area contributed by atoms with E-state index in [1.54, 1.807) is 20.8 Å². The van der Waals surface area contributed by atoms with Crippen molar-refractivity contribution < 1.29 is 10.2 Å². The number of aliphatic hydroxyl groups is 2. The molecule has 2 N–H and O–H groups in total. The molecule has 0 aliphatic carbocycles. The van der Waals surface area contributed by atoms with Crippen LogP contribution in [0, 0.1) is 10.3 Å². The number of rotatable bonds is 6. The highest BCUT2D eigenvalue weighted by molar-refractivity contribution is 4.97. The van der Waals surface area contributed by atoms with E-state index in [0.29, 0.717) is 12.8 Å². The van der Waals surface area contributed by atoms with Gasteiger partial charge in [-0.2, -0.15) is 4.91 Å². The molecule has 0 saturated carbocycles. The normalized spacial score (nSPS) is 22.1. The zero-order chi connectivity index (χ0) is 11.4. The highest BCUT2D eigenvalue weighted by atomic mass is 16.3. The van der Waals surface area contributed by atoms with Crippen molar-refractivity contribution in [1.82, 2.24) is 0 Å². The number of hydrogen-bond acceptors (Lipinski definition) is 4. The molecule has 0 aromatic heterocycles. The highest BCUT2D eigenvalue weighted by Crippen LogP contribution is 2.35. The Morgan fingerprint density at radius 2 is 1.79 bits per heavy atom. The van der Waals surface area contributed by atoms with Gasteiger partial charge in [0.2, 0.25) is 0 Å². The Balaban J connectivity index is 4.89. The molecule has 0 saturated heterocycles. The Bertz CT molecular complexity index is 192. The monoisotopic (exact) mass is 203 g/mol. The van der Waals surface area contributed by atoms with Crippen LogP contribution in [0.5, 0.6) is 0 Å². The number of nitroso groups, excluding NO2 is 1. The lowest BCUT2D eigenvalue weighted by atomic mass is 9.73. The van der Waals surface area contributed by atoms with Crippen molar-refractivity contribution in [2.75, 3.05) is 6.61 Å². The second kappa shape index (κ2) is 4.84. The summed E-state index contributed by atoms with van der Waals surface area (Å²) in [7, 11) is 0. The number of aliphatic hydroxyl groups excluding tert-OH is 2. The molecule has 2 unspecified atom stereocenters. The lowest BCUT2D eigenvalue weighted by molar-refractivity contribution is -0.0501. The molecule has 0 aromatic carbocycles. The van der Waals surface area contributed by atoms with Crippen molar-refractivity contribution in [3.63, 3.8) is 0 Å². The van der Waals surface area contributed by atoms with E-state index in [1.165, 1.54) is 0 Å². The summed E-state index contributed by atoms with van der Waals surface area (Å²) in [6.45, 7) is 6.92. The van der Waals surface area contributed by atoms with Crippen LogP contribution in [-0.2, 0) is 0 Å². The van der Waals surface area contributed by atoms with Crippen molar-refractivity contribution in [1.29, 1.82) is 0 Å². The predicted molar refractivity (Wildman–Crippen MR) is 56.0 cm³/mol. The fourth-order valence-electron chi connectivity index (χ4n) is 1.45. The molecule has 4 nitrogen and oxygen atoms in total. The third-order valence-corrected chi connectivity index (χ3v) is 3.34. The van der Waals surface area contributed by atoms with Crippen molar-refractivity contribution >= 4 is 0 Å². The molecular formula is C10H21NO3. The molecular weight excluding hydrogens is 182 g/mol. The molecule has 0 rings (SSSR count). The molecule has 0 amide bonds. The molecule has 0 aromatic rings. The first-order valence-corrected chi connectivity index (χ1v) is 5.03. The van der Waals surface area contributed by atoms with Crippen LogP contribution in [0.4, 0.5) is 0 Å². The Kier molecular flexibility index (Phi) is 4.68. The van der Waals surface area contributed by atoms with Gasteiger partial charge in [0.15, 0.2) is 0 Å². The summed E-state index contributed by atoms with van der Waals surface area (Å²) in [5, 5.41) is 22.2. The maximum absolute atomic E-state index is 10.7. The van der Waals surface area contributed by atoms with Crippen molar-refractivity contribution in [2.24, 2.45) is 10.6 Å². The van der Waals surface area contributed by atoms with Crippen LogP contribution in [0.2, 0.25) is 0 Å². The summed E-state index contributed by atoms with van der Waals surface area (Å²) in [5.74, 6) is 0. The fourth-order valence-corrected chi connectivity index (χ4v) is 1.45. The van der Waals surface area contributed by atoms with Crippen molar-refractivity contribution in [3.8, 4) is 0 Å². The van der Waals surface area contributed by atoms with Gasteiger partial charge in [-0.1, -0.05) is 25.9 Å². The third kappa shape index (κ3) is 2.30. The van der Waals surface area contributed by atoms with E-state index in [0.717, 1.165) is 0 Å². The largest absolute Gasteiger partial charge is 0.396 e. The lowest BCUT2D eigenvalue weighted by Gasteiger charge is -2.39.